The average molecular weight is 167 g/mol. The quantitative estimate of drug-likeness (QED) is 0.461. The van der Waals surface area contributed by atoms with Crippen LogP contribution < -0.4 is 0 Å². The first-order valence-electron chi connectivity index (χ1n) is 2.85. The van der Waals surface area contributed by atoms with Crippen molar-refractivity contribution in [1.29, 1.82) is 0 Å². The van der Waals surface area contributed by atoms with Gasteiger partial charge in [0.05, 0.1) is 0 Å². The fraction of sp³-hybridized carbons (Fsp3) is 0.833. The predicted octanol–water partition coefficient (Wildman–Crippen LogP) is 2.57. The Bertz CT molecular complexity index is 103. The minimum Gasteiger partial charge on any atom is -0.468 e. The van der Waals surface area contributed by atoms with E-state index in [9.17, 15) is 0 Å². The summed E-state index contributed by atoms with van der Waals surface area (Å²) in [7, 11) is 0. The van der Waals surface area contributed by atoms with Gasteiger partial charge in [-0.05, 0) is 12.2 Å². The van der Waals surface area contributed by atoms with Crippen LogP contribution in [0.15, 0.2) is 0 Å². The molecule has 0 heterocycles. The van der Waals surface area contributed by atoms with Crippen LogP contribution in [0.1, 0.15) is 20.8 Å². The smallest absolute Gasteiger partial charge is 0.175 e. The van der Waals surface area contributed by atoms with Crippen molar-refractivity contribution in [2.24, 2.45) is 5.92 Å². The zero-order chi connectivity index (χ0) is 7.44. The molecule has 0 amide bonds. The molecule has 0 N–H and O–H groups in total. The standard InChI is InChI=1S/C6H11ClOS/c1-4(2)6(7)8-5(3)9/h4,6H,1-3H3. The molecule has 0 spiro atoms. The van der Waals surface area contributed by atoms with Crippen molar-refractivity contribution in [2.75, 3.05) is 0 Å². The molecule has 0 aromatic carbocycles. The molecule has 0 saturated heterocycles. The van der Waals surface area contributed by atoms with Crippen molar-refractivity contribution in [3.05, 3.63) is 0 Å². The number of hydrogen-bond acceptors (Lipinski definition) is 2. The van der Waals surface area contributed by atoms with E-state index in [1.54, 1.807) is 6.92 Å². The molecule has 0 bridgehead atoms. The molecule has 3 heteroatoms. The van der Waals surface area contributed by atoms with Gasteiger partial charge >= 0.3 is 0 Å². The lowest BCUT2D eigenvalue weighted by Gasteiger charge is -2.13. The van der Waals surface area contributed by atoms with Crippen molar-refractivity contribution in [2.45, 2.75) is 26.3 Å². The second kappa shape index (κ2) is 4.07. The zero-order valence-electron chi connectivity index (χ0n) is 5.85. The molecule has 1 atom stereocenters. The summed E-state index contributed by atoms with van der Waals surface area (Å²) in [5.41, 5.74) is -0.275. The highest BCUT2D eigenvalue weighted by atomic mass is 35.5. The van der Waals surface area contributed by atoms with Gasteiger partial charge in [-0.2, -0.15) is 0 Å². The van der Waals surface area contributed by atoms with Crippen LogP contribution in [0, 0.1) is 5.92 Å². The molecular formula is C6H11ClOS. The van der Waals surface area contributed by atoms with E-state index in [2.05, 4.69) is 12.2 Å². The summed E-state index contributed by atoms with van der Waals surface area (Å²) in [5.74, 6) is 0.310. The molecule has 54 valence electrons. The van der Waals surface area contributed by atoms with Gasteiger partial charge in [0.2, 0.25) is 0 Å². The van der Waals surface area contributed by atoms with Gasteiger partial charge in [-0.1, -0.05) is 25.4 Å². The van der Waals surface area contributed by atoms with Crippen LogP contribution in [-0.2, 0) is 4.74 Å². The van der Waals surface area contributed by atoms with E-state index >= 15 is 0 Å². The zero-order valence-corrected chi connectivity index (χ0v) is 7.42. The van der Waals surface area contributed by atoms with Crippen LogP contribution in [0.3, 0.4) is 0 Å². The van der Waals surface area contributed by atoms with E-state index in [4.69, 9.17) is 16.3 Å². The number of alkyl halides is 1. The third kappa shape index (κ3) is 4.67. The van der Waals surface area contributed by atoms with E-state index in [-0.39, 0.29) is 5.56 Å². The van der Waals surface area contributed by atoms with E-state index in [0.717, 1.165) is 0 Å². The van der Waals surface area contributed by atoms with E-state index < -0.39 is 0 Å². The van der Waals surface area contributed by atoms with E-state index in [0.29, 0.717) is 11.0 Å². The van der Waals surface area contributed by atoms with Crippen molar-refractivity contribution in [3.63, 3.8) is 0 Å². The third-order valence-electron chi connectivity index (χ3n) is 0.803. The molecule has 1 nitrogen and oxygen atoms in total. The molecule has 0 saturated carbocycles. The Morgan fingerprint density at radius 2 is 2.00 bits per heavy atom. The van der Waals surface area contributed by atoms with Gasteiger partial charge in [0.25, 0.3) is 0 Å². The fourth-order valence-electron chi connectivity index (χ4n) is 0.295. The number of rotatable bonds is 2. The first kappa shape index (κ1) is 9.18. The minimum atomic E-state index is -0.275. The maximum atomic E-state index is 5.70. The molecule has 0 rings (SSSR count). The summed E-state index contributed by atoms with van der Waals surface area (Å²) in [4.78, 5) is 0. The molecular weight excluding hydrogens is 156 g/mol. The summed E-state index contributed by atoms with van der Waals surface area (Å²) >= 11 is 10.4. The molecule has 0 radical (unpaired) electrons. The summed E-state index contributed by atoms with van der Waals surface area (Å²) in [6.07, 6.45) is 0. The van der Waals surface area contributed by atoms with Crippen LogP contribution in [0.25, 0.3) is 0 Å². The topological polar surface area (TPSA) is 9.23 Å². The predicted molar refractivity (Wildman–Crippen MR) is 43.8 cm³/mol. The summed E-state index contributed by atoms with van der Waals surface area (Å²) in [6.45, 7) is 5.68. The molecule has 0 aromatic heterocycles. The van der Waals surface area contributed by atoms with Gasteiger partial charge in [-0.3, -0.25) is 0 Å². The number of hydrogen-bond donors (Lipinski definition) is 0. The average Bonchev–Trinajstić information content (AvgIpc) is 1.63. The second-order valence-corrected chi connectivity index (χ2v) is 3.21. The lowest BCUT2D eigenvalue weighted by Crippen LogP contribution is -2.14. The lowest BCUT2D eigenvalue weighted by molar-refractivity contribution is 0.221. The molecule has 0 fully saturated rings. The second-order valence-electron chi connectivity index (χ2n) is 2.20. The summed E-state index contributed by atoms with van der Waals surface area (Å²) < 4.78 is 5.01. The first-order chi connectivity index (χ1) is 4.04. The highest BCUT2D eigenvalue weighted by Gasteiger charge is 2.09. The Morgan fingerprint density at radius 1 is 1.56 bits per heavy atom. The van der Waals surface area contributed by atoms with Gasteiger partial charge in [0.1, 0.15) is 0 Å². The summed E-state index contributed by atoms with van der Waals surface area (Å²) in [5, 5.41) is 0.503. The molecule has 1 unspecified atom stereocenters. The summed E-state index contributed by atoms with van der Waals surface area (Å²) in [6, 6.07) is 0. The van der Waals surface area contributed by atoms with Crippen molar-refractivity contribution in [1.82, 2.24) is 0 Å². The Morgan fingerprint density at radius 3 is 2.11 bits per heavy atom. The van der Waals surface area contributed by atoms with Crippen molar-refractivity contribution in [3.8, 4) is 0 Å². The highest BCUT2D eigenvalue weighted by molar-refractivity contribution is 7.80. The monoisotopic (exact) mass is 166 g/mol. The Hall–Kier alpha value is 0.180. The van der Waals surface area contributed by atoms with Gasteiger partial charge in [-0.15, -0.1) is 0 Å². The highest BCUT2D eigenvalue weighted by Crippen LogP contribution is 2.10. The number of thiocarbonyl (C=S) groups is 1. The lowest BCUT2D eigenvalue weighted by atomic mass is 10.2. The minimum absolute atomic E-state index is 0.275. The molecule has 9 heavy (non-hydrogen) atoms. The van der Waals surface area contributed by atoms with Crippen LogP contribution >= 0.6 is 23.8 Å². The van der Waals surface area contributed by atoms with Crippen LogP contribution in [0.4, 0.5) is 0 Å². The van der Waals surface area contributed by atoms with Gasteiger partial charge in [0, 0.05) is 12.8 Å². The van der Waals surface area contributed by atoms with Crippen LogP contribution in [0.2, 0.25) is 0 Å². The maximum Gasteiger partial charge on any atom is 0.175 e. The Kier molecular flexibility index (Phi) is 4.15. The molecule has 0 aliphatic carbocycles. The largest absolute Gasteiger partial charge is 0.468 e. The van der Waals surface area contributed by atoms with Crippen molar-refractivity contribution < 1.29 is 4.74 Å². The van der Waals surface area contributed by atoms with Crippen LogP contribution in [0.5, 0.6) is 0 Å². The first-order valence-corrected chi connectivity index (χ1v) is 3.69. The molecule has 0 aliphatic rings. The van der Waals surface area contributed by atoms with Gasteiger partial charge < -0.3 is 4.74 Å². The normalized spacial score (nSPS) is 13.4. The number of halogens is 1. The molecule has 0 aliphatic heterocycles. The Labute approximate surface area is 66.3 Å². The van der Waals surface area contributed by atoms with E-state index in [1.165, 1.54) is 0 Å². The van der Waals surface area contributed by atoms with Gasteiger partial charge in [-0.25, -0.2) is 0 Å². The number of ether oxygens (including phenoxy) is 1. The Balaban J connectivity index is 3.50. The van der Waals surface area contributed by atoms with E-state index in [1.807, 2.05) is 13.8 Å². The third-order valence-corrected chi connectivity index (χ3v) is 1.49. The SMILES string of the molecule is CC(=S)OC(Cl)C(C)C. The van der Waals surface area contributed by atoms with Gasteiger partial charge in [0.15, 0.2) is 10.6 Å². The van der Waals surface area contributed by atoms with Crippen molar-refractivity contribution >= 4 is 28.9 Å². The molecule has 0 aromatic rings. The fourth-order valence-corrected chi connectivity index (χ4v) is 0.585. The van der Waals surface area contributed by atoms with Crippen LogP contribution in [-0.4, -0.2) is 10.6 Å². The maximum absolute atomic E-state index is 5.70.